The summed E-state index contributed by atoms with van der Waals surface area (Å²) in [5.41, 5.74) is 0. The molecule has 3 heteroatoms. The molecule has 2 aromatic rings. The second-order valence-corrected chi connectivity index (χ2v) is 17.5. The van der Waals surface area contributed by atoms with Gasteiger partial charge < -0.3 is 0 Å². The average molecular weight is 418 g/mol. The third-order valence-corrected chi connectivity index (χ3v) is 17.8. The molecular weight excluding hydrogens is 379 g/mol. The van der Waals surface area contributed by atoms with Gasteiger partial charge in [-0.25, -0.2) is 24.3 Å². The van der Waals surface area contributed by atoms with Crippen molar-refractivity contribution in [3.05, 3.63) is 48.5 Å². The molecule has 2 rings (SSSR count). The second kappa shape index (κ2) is 12.1. The minimum atomic E-state index is -1.04. The van der Waals surface area contributed by atoms with E-state index in [4.69, 9.17) is 0 Å². The molecule has 25 heavy (non-hydrogen) atoms. The van der Waals surface area contributed by atoms with Gasteiger partial charge >= 0.3 is 16.8 Å². The van der Waals surface area contributed by atoms with Gasteiger partial charge in [-0.2, -0.15) is 34.6 Å². The van der Waals surface area contributed by atoms with Gasteiger partial charge in [-0.3, -0.25) is 0 Å². The first kappa shape index (κ1) is 24.6. The Morgan fingerprint density at radius 3 is 0.840 bits per heavy atom. The smallest absolute Gasteiger partial charge is 0.214 e. The summed E-state index contributed by atoms with van der Waals surface area (Å²) in [5, 5.41) is 3.32. The van der Waals surface area contributed by atoms with Gasteiger partial charge in [-0.05, 0) is 0 Å². The fourth-order valence-electron chi connectivity index (χ4n) is 4.18. The van der Waals surface area contributed by atoms with E-state index < -0.39 is 16.1 Å². The summed E-state index contributed by atoms with van der Waals surface area (Å²) < 4.78 is 0. The molecule has 0 amide bonds. The summed E-state index contributed by atoms with van der Waals surface area (Å²) in [5.74, 6) is 0. The Morgan fingerprint density at radius 2 is 0.680 bits per heavy atom. The zero-order valence-electron chi connectivity index (χ0n) is 17.2. The van der Waals surface area contributed by atoms with Gasteiger partial charge in [-0.1, -0.05) is 77.8 Å². The molecule has 1 radical (unpaired) electrons. The molecule has 0 heterocycles. The summed E-state index contributed by atoms with van der Waals surface area (Å²) in [6, 6.07) is 26.4. The van der Waals surface area contributed by atoms with Crippen LogP contribution in [0.25, 0.3) is 0 Å². The van der Waals surface area contributed by atoms with Crippen LogP contribution in [0.1, 0.15) is 41.5 Å². The standard InChI is InChI=1S/2C11H19Si.Co/c2*1-4-12(5-2,6-3)11-9-7-8-10-11;/h2*7-10H,4-6H2,1-3H3;/q2*-1;+2. The van der Waals surface area contributed by atoms with Gasteiger partial charge in [0.1, 0.15) is 0 Å². The maximum absolute atomic E-state index is 2.35. The Kier molecular flexibility index (Phi) is 11.9. The minimum Gasteiger partial charge on any atom is -0.214 e. The third-order valence-electron chi connectivity index (χ3n) is 6.61. The van der Waals surface area contributed by atoms with E-state index in [0.29, 0.717) is 0 Å². The van der Waals surface area contributed by atoms with Crippen LogP contribution in [0.4, 0.5) is 0 Å². The molecule has 0 spiro atoms. The molecule has 0 saturated carbocycles. The molecule has 0 aliphatic rings. The van der Waals surface area contributed by atoms with Crippen molar-refractivity contribution in [3.8, 4) is 0 Å². The molecule has 0 aliphatic heterocycles. The van der Waals surface area contributed by atoms with Gasteiger partial charge in [0.2, 0.25) is 0 Å². The summed E-state index contributed by atoms with van der Waals surface area (Å²) in [6.07, 6.45) is 0. The van der Waals surface area contributed by atoms with E-state index in [2.05, 4.69) is 90.1 Å². The summed E-state index contributed by atoms with van der Waals surface area (Å²) >= 11 is 0. The maximum Gasteiger partial charge on any atom is 2.00 e. The van der Waals surface area contributed by atoms with E-state index in [9.17, 15) is 0 Å². The maximum atomic E-state index is 2.35. The zero-order valence-corrected chi connectivity index (χ0v) is 20.2. The topological polar surface area (TPSA) is 0 Å². The fourth-order valence-corrected chi connectivity index (χ4v) is 11.4. The van der Waals surface area contributed by atoms with Crippen LogP contribution in [-0.2, 0) is 16.8 Å². The molecule has 0 nitrogen and oxygen atoms in total. The van der Waals surface area contributed by atoms with Crippen LogP contribution in [0.5, 0.6) is 0 Å². The van der Waals surface area contributed by atoms with E-state index in [1.54, 1.807) is 10.4 Å². The van der Waals surface area contributed by atoms with Gasteiger partial charge in [0.25, 0.3) is 0 Å². The van der Waals surface area contributed by atoms with Crippen molar-refractivity contribution < 1.29 is 16.8 Å². The van der Waals surface area contributed by atoms with E-state index >= 15 is 0 Å². The SMILES string of the molecule is CC[Si](CC)(CC)[c-]1cccc1.CC[Si](CC)(CC)[c-]1cccc1.[Co+2]. The molecule has 0 N–H and O–H groups in total. The Hall–Kier alpha value is -0.360. The van der Waals surface area contributed by atoms with Crippen LogP contribution < -0.4 is 10.4 Å². The van der Waals surface area contributed by atoms with E-state index in [0.717, 1.165) is 0 Å². The van der Waals surface area contributed by atoms with Crippen molar-refractivity contribution >= 4 is 26.5 Å². The van der Waals surface area contributed by atoms with E-state index in [1.807, 2.05) is 0 Å². The van der Waals surface area contributed by atoms with Crippen LogP contribution in [0.15, 0.2) is 48.5 Å². The Labute approximate surface area is 169 Å². The van der Waals surface area contributed by atoms with Crippen molar-refractivity contribution in [2.75, 3.05) is 0 Å². The Balaban J connectivity index is 0.000000443. The molecule has 0 atom stereocenters. The summed E-state index contributed by atoms with van der Waals surface area (Å²) in [4.78, 5) is 0. The molecule has 0 unspecified atom stereocenters. The number of hydrogen-bond acceptors (Lipinski definition) is 0. The molecule has 0 aromatic heterocycles. The largest absolute Gasteiger partial charge is 2.00 e. The third kappa shape index (κ3) is 5.81. The first-order valence-corrected chi connectivity index (χ1v) is 15.3. The van der Waals surface area contributed by atoms with Crippen molar-refractivity contribution in [2.24, 2.45) is 0 Å². The normalized spacial score (nSPS) is 11.4. The number of rotatable bonds is 8. The fraction of sp³-hybridized carbons (Fsp3) is 0.545. The summed E-state index contributed by atoms with van der Waals surface area (Å²) in [7, 11) is -2.08. The van der Waals surface area contributed by atoms with Crippen molar-refractivity contribution in [2.45, 2.75) is 77.8 Å². The van der Waals surface area contributed by atoms with Crippen LogP contribution in [-0.4, -0.2) is 16.1 Å². The quantitative estimate of drug-likeness (QED) is 0.352. The van der Waals surface area contributed by atoms with Gasteiger partial charge in [-0.15, -0.1) is 0 Å². The average Bonchev–Trinajstić information content (AvgIpc) is 3.34. The van der Waals surface area contributed by atoms with Crippen molar-refractivity contribution in [3.63, 3.8) is 0 Å². The molecule has 0 saturated heterocycles. The molecule has 0 bridgehead atoms. The molecule has 0 aliphatic carbocycles. The molecule has 2 aromatic carbocycles. The second-order valence-electron chi connectivity index (χ2n) is 7.03. The predicted molar refractivity (Wildman–Crippen MR) is 118 cm³/mol. The van der Waals surface area contributed by atoms with E-state index in [-0.39, 0.29) is 16.8 Å². The van der Waals surface area contributed by atoms with Crippen LogP contribution >= 0.6 is 0 Å². The van der Waals surface area contributed by atoms with Gasteiger partial charge in [0.15, 0.2) is 0 Å². The monoisotopic (exact) mass is 417 g/mol. The van der Waals surface area contributed by atoms with Gasteiger partial charge in [0.05, 0.1) is 0 Å². The van der Waals surface area contributed by atoms with Crippen molar-refractivity contribution in [1.82, 2.24) is 0 Å². The van der Waals surface area contributed by atoms with Crippen LogP contribution in [0.3, 0.4) is 0 Å². The molecule has 143 valence electrons. The first-order chi connectivity index (χ1) is 11.6. The summed E-state index contributed by atoms with van der Waals surface area (Å²) in [6.45, 7) is 14.1. The first-order valence-electron chi connectivity index (χ1n) is 10.0. The van der Waals surface area contributed by atoms with Crippen molar-refractivity contribution in [1.29, 1.82) is 0 Å². The van der Waals surface area contributed by atoms with Crippen LogP contribution in [0.2, 0.25) is 36.3 Å². The Morgan fingerprint density at radius 1 is 0.480 bits per heavy atom. The zero-order chi connectivity index (χ0) is 18.1. The predicted octanol–water partition coefficient (Wildman–Crippen LogP) is 6.24. The minimum absolute atomic E-state index is 0. The van der Waals surface area contributed by atoms with Crippen LogP contribution in [0, 0.1) is 0 Å². The Bertz CT molecular complexity index is 454. The number of hydrogen-bond donors (Lipinski definition) is 0. The van der Waals surface area contributed by atoms with E-state index in [1.165, 1.54) is 36.3 Å². The molecular formula is C22H38CoSi2. The molecule has 0 fully saturated rings. The van der Waals surface area contributed by atoms with Gasteiger partial charge in [0, 0.05) is 16.1 Å².